The van der Waals surface area contributed by atoms with E-state index in [0.29, 0.717) is 12.0 Å². The lowest BCUT2D eigenvalue weighted by atomic mass is 9.72. The fourth-order valence-electron chi connectivity index (χ4n) is 5.63. The third-order valence-corrected chi connectivity index (χ3v) is 8.28. The van der Waals surface area contributed by atoms with Gasteiger partial charge in [-0.3, -0.25) is 4.79 Å². The molecule has 0 radical (unpaired) electrons. The molecule has 38 heavy (non-hydrogen) atoms. The van der Waals surface area contributed by atoms with Crippen molar-refractivity contribution >= 4 is 5.97 Å². The molecule has 0 unspecified atom stereocenters. The Hall–Kier alpha value is -3.03. The maximum atomic E-state index is 12.1. The molecule has 0 bridgehead atoms. The van der Waals surface area contributed by atoms with Gasteiger partial charge in [-0.25, -0.2) is 0 Å². The smallest absolute Gasteiger partial charge is 0.316 e. The first-order valence-corrected chi connectivity index (χ1v) is 13.5. The van der Waals surface area contributed by atoms with E-state index in [1.807, 2.05) is 60.7 Å². The zero-order valence-corrected chi connectivity index (χ0v) is 22.0. The Morgan fingerprint density at radius 2 is 1.42 bits per heavy atom. The lowest BCUT2D eigenvalue weighted by Crippen LogP contribution is -2.44. The highest BCUT2D eigenvalue weighted by molar-refractivity contribution is 5.81. The van der Waals surface area contributed by atoms with Crippen molar-refractivity contribution < 1.29 is 25.2 Å². The molecule has 1 aliphatic rings. The van der Waals surface area contributed by atoms with Gasteiger partial charge < -0.3 is 25.3 Å². The fraction of sp³-hybridized carbons (Fsp3) is 0.406. The largest absolute Gasteiger partial charge is 0.481 e. The number of carboxylic acid groups (broad SMARTS) is 1. The number of aliphatic carboxylic acids is 1. The molecule has 6 nitrogen and oxygen atoms in total. The van der Waals surface area contributed by atoms with E-state index >= 15 is 0 Å². The highest BCUT2D eigenvalue weighted by Crippen LogP contribution is 2.42. The molecule has 1 fully saturated rings. The van der Waals surface area contributed by atoms with E-state index in [1.54, 1.807) is 24.3 Å². The van der Waals surface area contributed by atoms with Crippen LogP contribution in [0.15, 0.2) is 84.9 Å². The number of aliphatic hydroxyl groups is 3. The van der Waals surface area contributed by atoms with Gasteiger partial charge in [-0.1, -0.05) is 84.9 Å². The Morgan fingerprint density at radius 1 is 0.895 bits per heavy atom. The predicted molar refractivity (Wildman–Crippen MR) is 148 cm³/mol. The lowest BCUT2D eigenvalue weighted by molar-refractivity contribution is -0.144. The minimum Gasteiger partial charge on any atom is -0.481 e. The van der Waals surface area contributed by atoms with E-state index in [1.165, 1.54) is 6.92 Å². The highest BCUT2D eigenvalue weighted by Gasteiger charge is 2.41. The zero-order valence-electron chi connectivity index (χ0n) is 22.0. The van der Waals surface area contributed by atoms with Crippen LogP contribution in [0.25, 0.3) is 0 Å². The molecule has 0 aliphatic carbocycles. The Balaban J connectivity index is 1.31. The fourth-order valence-corrected chi connectivity index (χ4v) is 5.63. The first-order chi connectivity index (χ1) is 18.3. The summed E-state index contributed by atoms with van der Waals surface area (Å²) in [6, 6.07) is 26.8. The van der Waals surface area contributed by atoms with Gasteiger partial charge in [0, 0.05) is 0 Å². The van der Waals surface area contributed by atoms with E-state index in [9.17, 15) is 25.2 Å². The highest BCUT2D eigenvalue weighted by atomic mass is 16.4. The minimum atomic E-state index is -1.36. The van der Waals surface area contributed by atoms with Crippen LogP contribution in [0.2, 0.25) is 0 Å². The molecule has 4 N–H and O–H groups in total. The van der Waals surface area contributed by atoms with Crippen molar-refractivity contribution in [3.8, 4) is 0 Å². The van der Waals surface area contributed by atoms with Crippen LogP contribution in [-0.4, -0.2) is 57.5 Å². The van der Waals surface area contributed by atoms with E-state index in [0.717, 1.165) is 55.6 Å². The normalized spacial score (nSPS) is 17.6. The molecule has 2 atom stereocenters. The maximum Gasteiger partial charge on any atom is 0.316 e. The summed E-state index contributed by atoms with van der Waals surface area (Å²) >= 11 is 0. The Bertz CT molecular complexity index is 1120. The summed E-state index contributed by atoms with van der Waals surface area (Å²) < 4.78 is 0. The molecule has 1 aliphatic heterocycles. The van der Waals surface area contributed by atoms with Crippen LogP contribution in [0, 0.1) is 5.92 Å². The summed E-state index contributed by atoms with van der Waals surface area (Å²) in [6.45, 7) is 3.66. The van der Waals surface area contributed by atoms with Crippen LogP contribution in [0.3, 0.4) is 0 Å². The Kier molecular flexibility index (Phi) is 9.00. The first-order valence-electron chi connectivity index (χ1n) is 13.5. The van der Waals surface area contributed by atoms with Gasteiger partial charge in [0.15, 0.2) is 0 Å². The number of carbonyl (C=O) groups is 1. The number of piperidine rings is 1. The van der Waals surface area contributed by atoms with Crippen molar-refractivity contribution in [3.05, 3.63) is 107 Å². The molecule has 6 heteroatoms. The second-order valence-corrected chi connectivity index (χ2v) is 10.7. The number of rotatable bonds is 11. The Labute approximate surface area is 225 Å². The van der Waals surface area contributed by atoms with Gasteiger partial charge in [-0.05, 0) is 80.4 Å². The van der Waals surface area contributed by atoms with E-state index < -0.39 is 29.7 Å². The summed E-state index contributed by atoms with van der Waals surface area (Å²) in [5.74, 6) is -0.967. The molecule has 0 spiro atoms. The number of aliphatic hydroxyl groups excluding tert-OH is 2. The van der Waals surface area contributed by atoms with Gasteiger partial charge in [0.05, 0.1) is 12.7 Å². The SMILES string of the molecule is C[C@@](CO)(C(=O)O)c1ccc([C@@H](O)CCCN2CCC(C(O)(c3ccccc3)c3ccccc3)CC2)cc1. The minimum absolute atomic E-state index is 0.114. The van der Waals surface area contributed by atoms with Crippen LogP contribution in [0.5, 0.6) is 0 Å². The number of benzene rings is 3. The summed E-state index contributed by atoms with van der Waals surface area (Å²) in [4.78, 5) is 14.0. The average Bonchev–Trinajstić information content (AvgIpc) is 2.97. The van der Waals surface area contributed by atoms with Gasteiger partial charge in [-0.15, -0.1) is 0 Å². The zero-order chi connectivity index (χ0) is 27.2. The van der Waals surface area contributed by atoms with Crippen LogP contribution in [0.4, 0.5) is 0 Å². The molecule has 4 rings (SSSR count). The molecule has 0 amide bonds. The van der Waals surface area contributed by atoms with Crippen molar-refractivity contribution in [2.45, 2.75) is 49.7 Å². The predicted octanol–water partition coefficient (Wildman–Crippen LogP) is 4.48. The second kappa shape index (κ2) is 12.2. The molecule has 0 aromatic heterocycles. The van der Waals surface area contributed by atoms with Crippen molar-refractivity contribution in [2.24, 2.45) is 5.92 Å². The number of hydrogen-bond donors (Lipinski definition) is 4. The lowest BCUT2D eigenvalue weighted by Gasteiger charge is -2.42. The molecular formula is C32H39NO5. The summed E-state index contributed by atoms with van der Waals surface area (Å²) in [5.41, 5.74) is 0.737. The van der Waals surface area contributed by atoms with E-state index in [-0.39, 0.29) is 5.92 Å². The summed E-state index contributed by atoms with van der Waals surface area (Å²) in [6.07, 6.45) is 2.58. The number of carboxylic acids is 1. The van der Waals surface area contributed by atoms with Crippen molar-refractivity contribution in [1.29, 1.82) is 0 Å². The number of hydrogen-bond acceptors (Lipinski definition) is 5. The van der Waals surface area contributed by atoms with Crippen LogP contribution < -0.4 is 0 Å². The molecule has 1 heterocycles. The van der Waals surface area contributed by atoms with Gasteiger partial charge in [0.1, 0.15) is 11.0 Å². The van der Waals surface area contributed by atoms with Gasteiger partial charge in [-0.2, -0.15) is 0 Å². The molecule has 1 saturated heterocycles. The van der Waals surface area contributed by atoms with Gasteiger partial charge in [0.25, 0.3) is 0 Å². The van der Waals surface area contributed by atoms with E-state index in [4.69, 9.17) is 0 Å². The van der Waals surface area contributed by atoms with E-state index in [2.05, 4.69) is 4.90 Å². The van der Waals surface area contributed by atoms with Gasteiger partial charge in [0.2, 0.25) is 0 Å². The maximum absolute atomic E-state index is 12.1. The third-order valence-electron chi connectivity index (χ3n) is 8.28. The quantitative estimate of drug-likeness (QED) is 0.299. The van der Waals surface area contributed by atoms with Crippen molar-refractivity contribution in [1.82, 2.24) is 4.90 Å². The van der Waals surface area contributed by atoms with Gasteiger partial charge >= 0.3 is 5.97 Å². The molecule has 0 saturated carbocycles. The molecule has 3 aromatic rings. The molecular weight excluding hydrogens is 478 g/mol. The van der Waals surface area contributed by atoms with Crippen LogP contribution in [0.1, 0.15) is 61.0 Å². The first kappa shape index (κ1) is 28.0. The average molecular weight is 518 g/mol. The molecule has 3 aromatic carbocycles. The standard InChI is InChI=1S/C32H39NO5/c1-31(23-34,30(36)37)25-16-14-24(15-17-25)29(35)13-8-20-33-21-18-28(19-22-33)32(38,26-9-4-2-5-10-26)27-11-6-3-7-12-27/h2-7,9-12,14-17,28-29,34-35,38H,8,13,18-23H2,1H3,(H,36,37)/t29-,31-/m0/s1. The van der Waals surface area contributed by atoms with Crippen molar-refractivity contribution in [3.63, 3.8) is 0 Å². The second-order valence-electron chi connectivity index (χ2n) is 10.7. The topological polar surface area (TPSA) is 101 Å². The number of likely N-dealkylation sites (tertiary alicyclic amines) is 1. The molecule has 202 valence electrons. The van der Waals surface area contributed by atoms with Crippen LogP contribution in [-0.2, 0) is 15.8 Å². The monoisotopic (exact) mass is 517 g/mol. The summed E-state index contributed by atoms with van der Waals surface area (Å²) in [5, 5.41) is 41.8. The van der Waals surface area contributed by atoms with Crippen LogP contribution >= 0.6 is 0 Å². The Morgan fingerprint density at radius 3 is 1.89 bits per heavy atom. The van der Waals surface area contributed by atoms with Crippen molar-refractivity contribution in [2.75, 3.05) is 26.2 Å². The number of nitrogens with zero attached hydrogens (tertiary/aromatic N) is 1. The third kappa shape index (κ3) is 5.84. The summed E-state index contributed by atoms with van der Waals surface area (Å²) in [7, 11) is 0.